The van der Waals surface area contributed by atoms with E-state index in [4.69, 9.17) is 4.74 Å². The van der Waals surface area contributed by atoms with Crippen molar-refractivity contribution in [3.8, 4) is 0 Å². The minimum Gasteiger partial charge on any atom is -0.469 e. The van der Waals surface area contributed by atoms with Gasteiger partial charge in [0.05, 0.1) is 13.5 Å². The van der Waals surface area contributed by atoms with Gasteiger partial charge in [-0.05, 0) is 42.8 Å². The molecule has 2 nitrogen and oxygen atoms in total. The summed E-state index contributed by atoms with van der Waals surface area (Å²) in [5.74, 6) is 2.10. The second kappa shape index (κ2) is 6.31. The molecule has 2 unspecified atom stereocenters. The lowest BCUT2D eigenvalue weighted by molar-refractivity contribution is -0.141. The van der Waals surface area contributed by atoms with Gasteiger partial charge < -0.3 is 4.74 Å². The van der Waals surface area contributed by atoms with Gasteiger partial charge in [-0.15, -0.1) is 0 Å². The molecule has 0 N–H and O–H groups in total. The van der Waals surface area contributed by atoms with E-state index in [2.05, 4.69) is 18.7 Å². The smallest absolute Gasteiger partial charge is 0.306 e. The van der Waals surface area contributed by atoms with Gasteiger partial charge >= 0.3 is 5.97 Å². The highest BCUT2D eigenvalue weighted by Crippen LogP contribution is 2.52. The number of methoxy groups -OCH3 is 1. The van der Waals surface area contributed by atoms with Crippen LogP contribution < -0.4 is 0 Å². The van der Waals surface area contributed by atoms with Gasteiger partial charge in [0.1, 0.15) is 0 Å². The van der Waals surface area contributed by atoms with Crippen molar-refractivity contribution in [2.45, 2.75) is 63.5 Å². The molecule has 2 aliphatic rings. The fourth-order valence-corrected chi connectivity index (χ4v) is 4.71. The third-order valence-electron chi connectivity index (χ3n) is 4.64. The Labute approximate surface area is 115 Å². The Morgan fingerprint density at radius 2 is 2.17 bits per heavy atom. The lowest BCUT2D eigenvalue weighted by Gasteiger charge is -2.29. The third-order valence-corrected chi connectivity index (χ3v) is 6.32. The quantitative estimate of drug-likeness (QED) is 0.682. The predicted octanol–water partition coefficient (Wildman–Crippen LogP) is 4.03. The van der Waals surface area contributed by atoms with Crippen LogP contribution in [0.3, 0.4) is 0 Å². The van der Waals surface area contributed by atoms with Gasteiger partial charge in [-0.25, -0.2) is 0 Å². The number of hydrogen-bond acceptors (Lipinski definition) is 3. The second-order valence-corrected chi connectivity index (χ2v) is 7.42. The van der Waals surface area contributed by atoms with Crippen LogP contribution in [-0.2, 0) is 9.53 Å². The van der Waals surface area contributed by atoms with Gasteiger partial charge in [0.15, 0.2) is 0 Å². The van der Waals surface area contributed by atoms with E-state index in [1.54, 1.807) is 0 Å². The molecule has 2 fully saturated rings. The predicted molar refractivity (Wildman–Crippen MR) is 76.8 cm³/mol. The van der Waals surface area contributed by atoms with Crippen LogP contribution in [0.5, 0.6) is 0 Å². The fourth-order valence-electron chi connectivity index (χ4n) is 2.99. The molecule has 0 saturated heterocycles. The van der Waals surface area contributed by atoms with Gasteiger partial charge in [-0.3, -0.25) is 4.79 Å². The highest BCUT2D eigenvalue weighted by Gasteiger charge is 2.45. The number of thioether (sulfide) groups is 1. The highest BCUT2D eigenvalue weighted by atomic mass is 32.2. The summed E-state index contributed by atoms with van der Waals surface area (Å²) in [6, 6.07) is 0. The molecule has 18 heavy (non-hydrogen) atoms. The first kappa shape index (κ1) is 14.2. The molecule has 0 spiro atoms. The van der Waals surface area contributed by atoms with Crippen molar-refractivity contribution in [2.24, 2.45) is 11.3 Å². The normalized spacial score (nSPS) is 29.9. The van der Waals surface area contributed by atoms with Crippen molar-refractivity contribution < 1.29 is 9.53 Å². The molecule has 0 aliphatic heterocycles. The van der Waals surface area contributed by atoms with Crippen molar-refractivity contribution in [2.75, 3.05) is 12.9 Å². The summed E-state index contributed by atoms with van der Waals surface area (Å²) in [5, 5.41) is 0.846. The fraction of sp³-hybridized carbons (Fsp3) is 0.933. The van der Waals surface area contributed by atoms with Crippen molar-refractivity contribution in [1.29, 1.82) is 0 Å². The molecule has 2 rings (SSSR count). The Kier molecular flexibility index (Phi) is 4.99. The number of ether oxygens (including phenoxy) is 1. The summed E-state index contributed by atoms with van der Waals surface area (Å²) in [5.41, 5.74) is 0.302. The highest BCUT2D eigenvalue weighted by molar-refractivity contribution is 7.99. The van der Waals surface area contributed by atoms with Gasteiger partial charge in [-0.2, -0.15) is 11.8 Å². The monoisotopic (exact) mass is 270 g/mol. The van der Waals surface area contributed by atoms with E-state index in [0.29, 0.717) is 11.8 Å². The van der Waals surface area contributed by atoms with Crippen molar-refractivity contribution >= 4 is 17.7 Å². The first-order valence-electron chi connectivity index (χ1n) is 7.36. The van der Waals surface area contributed by atoms with Crippen LogP contribution in [0, 0.1) is 11.3 Å². The van der Waals surface area contributed by atoms with Crippen molar-refractivity contribution in [3.05, 3.63) is 0 Å². The van der Waals surface area contributed by atoms with E-state index in [-0.39, 0.29) is 5.97 Å². The van der Waals surface area contributed by atoms with Crippen molar-refractivity contribution in [3.63, 3.8) is 0 Å². The summed E-state index contributed by atoms with van der Waals surface area (Å²) >= 11 is 2.13. The lowest BCUT2D eigenvalue weighted by Crippen LogP contribution is -2.20. The minimum atomic E-state index is -0.0248. The van der Waals surface area contributed by atoms with Crippen molar-refractivity contribution in [1.82, 2.24) is 0 Å². The van der Waals surface area contributed by atoms with E-state index in [1.165, 1.54) is 57.8 Å². The van der Waals surface area contributed by atoms with Crippen LogP contribution >= 0.6 is 11.8 Å². The molecule has 2 aliphatic carbocycles. The molecule has 2 atom stereocenters. The average Bonchev–Trinajstić information content (AvgIpc) is 3.17. The number of esters is 1. The van der Waals surface area contributed by atoms with E-state index >= 15 is 0 Å². The maximum absolute atomic E-state index is 11.4. The molecular formula is C15H26O2S. The zero-order valence-corrected chi connectivity index (χ0v) is 12.6. The number of hydrogen-bond donors (Lipinski definition) is 0. The van der Waals surface area contributed by atoms with Crippen LogP contribution in [0.25, 0.3) is 0 Å². The lowest BCUT2D eigenvalue weighted by atomic mass is 9.87. The van der Waals surface area contributed by atoms with E-state index < -0.39 is 0 Å². The summed E-state index contributed by atoms with van der Waals surface area (Å²) in [7, 11) is 1.50. The summed E-state index contributed by atoms with van der Waals surface area (Å²) < 4.78 is 4.80. The average molecular weight is 270 g/mol. The molecule has 104 valence electrons. The molecule has 0 aromatic rings. The van der Waals surface area contributed by atoms with Gasteiger partial charge in [-0.1, -0.05) is 26.2 Å². The van der Waals surface area contributed by atoms with E-state index in [0.717, 1.165) is 11.2 Å². The standard InChI is InChI=1S/C15H26O2S/c1-3-12-5-4-6-13(9-12)18-11-15(7-8-15)10-14(16)17-2/h12-13H,3-11H2,1-2H3. The first-order valence-corrected chi connectivity index (χ1v) is 8.41. The zero-order chi connectivity index (χ0) is 13.0. The Balaban J connectivity index is 1.72. The largest absolute Gasteiger partial charge is 0.469 e. The van der Waals surface area contributed by atoms with Gasteiger partial charge in [0.2, 0.25) is 0 Å². The third kappa shape index (κ3) is 3.91. The maximum atomic E-state index is 11.4. The first-order chi connectivity index (χ1) is 8.67. The number of carbonyl (C=O) groups is 1. The molecule has 0 amide bonds. The molecule has 0 aromatic carbocycles. The summed E-state index contributed by atoms with van der Waals surface area (Å²) in [6.45, 7) is 2.32. The molecule has 0 aromatic heterocycles. The minimum absolute atomic E-state index is 0.0248. The Morgan fingerprint density at radius 1 is 1.39 bits per heavy atom. The molecule has 0 radical (unpaired) electrons. The number of carbonyl (C=O) groups excluding carboxylic acids is 1. The second-order valence-electron chi connectivity index (χ2n) is 6.13. The molecule has 0 heterocycles. The Hall–Kier alpha value is -0.180. The van der Waals surface area contributed by atoms with Crippen LogP contribution in [0.1, 0.15) is 58.3 Å². The van der Waals surface area contributed by atoms with Crippen LogP contribution in [0.4, 0.5) is 0 Å². The zero-order valence-electron chi connectivity index (χ0n) is 11.7. The topological polar surface area (TPSA) is 26.3 Å². The molecular weight excluding hydrogens is 244 g/mol. The van der Waals surface area contributed by atoms with Gasteiger partial charge in [0.25, 0.3) is 0 Å². The maximum Gasteiger partial charge on any atom is 0.306 e. The van der Waals surface area contributed by atoms with Crippen LogP contribution in [0.2, 0.25) is 0 Å². The molecule has 0 bridgehead atoms. The van der Waals surface area contributed by atoms with Crippen LogP contribution in [-0.4, -0.2) is 24.1 Å². The van der Waals surface area contributed by atoms with Gasteiger partial charge in [0, 0.05) is 5.25 Å². The van der Waals surface area contributed by atoms with E-state index in [1.807, 2.05) is 0 Å². The van der Waals surface area contributed by atoms with E-state index in [9.17, 15) is 4.79 Å². The summed E-state index contributed by atoms with van der Waals surface area (Å²) in [6.07, 6.45) is 10.0. The summed E-state index contributed by atoms with van der Waals surface area (Å²) in [4.78, 5) is 11.4. The molecule has 2 saturated carbocycles. The SMILES string of the molecule is CCC1CCCC(SCC2(CC(=O)OC)CC2)C1. The Bertz CT molecular complexity index is 286. The Morgan fingerprint density at radius 3 is 2.78 bits per heavy atom. The molecule has 3 heteroatoms. The number of rotatable bonds is 6. The van der Waals surface area contributed by atoms with Crippen LogP contribution in [0.15, 0.2) is 0 Å².